The van der Waals surface area contributed by atoms with Gasteiger partial charge in [-0.2, -0.15) is 0 Å². The maximum Gasteiger partial charge on any atom is 0.220 e. The Balaban J connectivity index is 1.41. The van der Waals surface area contributed by atoms with E-state index in [4.69, 9.17) is 4.74 Å². The lowest BCUT2D eigenvalue weighted by Gasteiger charge is -2.32. The molecule has 1 aliphatic carbocycles. The Morgan fingerprint density at radius 1 is 1.23 bits per heavy atom. The van der Waals surface area contributed by atoms with Crippen LogP contribution in [0.4, 0.5) is 0 Å². The number of rotatable bonds is 6. The van der Waals surface area contributed by atoms with Gasteiger partial charge in [0.1, 0.15) is 5.75 Å². The van der Waals surface area contributed by atoms with Gasteiger partial charge in [0.05, 0.1) is 7.11 Å². The third-order valence-electron chi connectivity index (χ3n) is 4.77. The Labute approximate surface area is 132 Å². The van der Waals surface area contributed by atoms with Crippen LogP contribution in [-0.2, 0) is 11.2 Å². The first-order valence-corrected chi connectivity index (χ1v) is 8.41. The predicted molar refractivity (Wildman–Crippen MR) is 87.1 cm³/mol. The zero-order valence-corrected chi connectivity index (χ0v) is 13.4. The Morgan fingerprint density at radius 2 is 1.95 bits per heavy atom. The Kier molecular flexibility index (Phi) is 4.98. The number of hydrogen-bond acceptors (Lipinski definition) is 3. The number of carbonyl (C=O) groups is 1. The van der Waals surface area contributed by atoms with Crippen LogP contribution in [0, 0.1) is 0 Å². The second-order valence-electron chi connectivity index (χ2n) is 6.42. The van der Waals surface area contributed by atoms with Gasteiger partial charge in [0.2, 0.25) is 5.91 Å². The lowest BCUT2D eigenvalue weighted by atomic mass is 10.0. The molecule has 4 heteroatoms. The summed E-state index contributed by atoms with van der Waals surface area (Å²) < 4.78 is 5.33. The molecule has 1 aromatic carbocycles. The van der Waals surface area contributed by atoms with Crippen molar-refractivity contribution in [2.24, 2.45) is 0 Å². The lowest BCUT2D eigenvalue weighted by molar-refractivity contribution is -0.122. The van der Waals surface area contributed by atoms with Gasteiger partial charge in [-0.3, -0.25) is 4.79 Å². The van der Waals surface area contributed by atoms with Crippen LogP contribution in [0.15, 0.2) is 24.3 Å². The number of hydrogen-bond donors (Lipinski definition) is 1. The zero-order valence-electron chi connectivity index (χ0n) is 13.4. The fourth-order valence-electron chi connectivity index (χ4n) is 3.31. The van der Waals surface area contributed by atoms with E-state index in [-0.39, 0.29) is 5.91 Å². The predicted octanol–water partition coefficient (Wildman–Crippen LogP) is 2.37. The highest BCUT2D eigenvalue weighted by Crippen LogP contribution is 2.29. The normalized spacial score (nSPS) is 19.9. The van der Waals surface area contributed by atoms with Gasteiger partial charge in [0.25, 0.3) is 0 Å². The SMILES string of the molecule is COc1ccccc1CCC(=O)NC1CCN(C2CC2)CC1. The van der Waals surface area contributed by atoms with Crippen molar-refractivity contribution in [3.8, 4) is 5.75 Å². The van der Waals surface area contributed by atoms with Crippen molar-refractivity contribution in [2.75, 3.05) is 20.2 Å². The number of carbonyl (C=O) groups excluding carboxylic acids is 1. The van der Waals surface area contributed by atoms with Gasteiger partial charge in [0, 0.05) is 31.6 Å². The van der Waals surface area contributed by atoms with Crippen LogP contribution in [0.25, 0.3) is 0 Å². The molecule has 4 nitrogen and oxygen atoms in total. The van der Waals surface area contributed by atoms with Gasteiger partial charge in [0.15, 0.2) is 0 Å². The average molecular weight is 302 g/mol. The standard InChI is InChI=1S/C18H26N2O2/c1-22-17-5-3-2-4-14(17)6-9-18(21)19-15-10-12-20(13-11-15)16-7-8-16/h2-5,15-16H,6-13H2,1H3,(H,19,21). The first-order chi connectivity index (χ1) is 10.8. The van der Waals surface area contributed by atoms with Gasteiger partial charge in [-0.15, -0.1) is 0 Å². The maximum absolute atomic E-state index is 12.1. The van der Waals surface area contributed by atoms with Crippen molar-refractivity contribution in [3.05, 3.63) is 29.8 Å². The molecular formula is C18H26N2O2. The van der Waals surface area contributed by atoms with Crippen molar-refractivity contribution in [2.45, 2.75) is 50.6 Å². The molecule has 3 rings (SSSR count). The quantitative estimate of drug-likeness (QED) is 0.877. The molecule has 1 amide bonds. The van der Waals surface area contributed by atoms with Crippen LogP contribution in [-0.4, -0.2) is 43.1 Å². The minimum atomic E-state index is 0.163. The summed E-state index contributed by atoms with van der Waals surface area (Å²) in [6, 6.07) is 9.13. The second-order valence-corrected chi connectivity index (χ2v) is 6.42. The van der Waals surface area contributed by atoms with Crippen LogP contribution in [0.1, 0.15) is 37.7 Å². The van der Waals surface area contributed by atoms with E-state index in [1.807, 2.05) is 24.3 Å². The monoisotopic (exact) mass is 302 g/mol. The zero-order chi connectivity index (χ0) is 15.4. The fourth-order valence-corrected chi connectivity index (χ4v) is 3.31. The van der Waals surface area contributed by atoms with E-state index in [2.05, 4.69) is 10.2 Å². The maximum atomic E-state index is 12.1. The van der Waals surface area contributed by atoms with Crippen molar-refractivity contribution < 1.29 is 9.53 Å². The lowest BCUT2D eigenvalue weighted by Crippen LogP contribution is -2.45. The molecule has 1 heterocycles. The molecule has 2 aliphatic rings. The molecule has 0 spiro atoms. The minimum absolute atomic E-state index is 0.163. The van der Waals surface area contributed by atoms with Crippen LogP contribution >= 0.6 is 0 Å². The first kappa shape index (κ1) is 15.3. The topological polar surface area (TPSA) is 41.6 Å². The van der Waals surface area contributed by atoms with E-state index in [1.54, 1.807) is 7.11 Å². The number of benzene rings is 1. The molecule has 0 atom stereocenters. The molecule has 1 aromatic rings. The summed E-state index contributed by atoms with van der Waals surface area (Å²) in [6.45, 7) is 2.28. The van der Waals surface area contributed by atoms with Gasteiger partial charge in [-0.25, -0.2) is 0 Å². The number of nitrogens with one attached hydrogen (secondary N) is 1. The average Bonchev–Trinajstić information content (AvgIpc) is 3.39. The van der Waals surface area contributed by atoms with E-state index in [9.17, 15) is 4.79 Å². The van der Waals surface area contributed by atoms with Crippen molar-refractivity contribution >= 4 is 5.91 Å². The number of para-hydroxylation sites is 1. The number of ether oxygens (including phenoxy) is 1. The number of likely N-dealkylation sites (tertiary alicyclic amines) is 1. The molecule has 0 radical (unpaired) electrons. The molecule has 0 aromatic heterocycles. The van der Waals surface area contributed by atoms with Crippen LogP contribution in [0.5, 0.6) is 5.75 Å². The summed E-state index contributed by atoms with van der Waals surface area (Å²) in [7, 11) is 1.67. The molecule has 1 saturated carbocycles. The molecule has 22 heavy (non-hydrogen) atoms. The molecule has 2 fully saturated rings. The molecule has 0 bridgehead atoms. The summed E-state index contributed by atoms with van der Waals surface area (Å²) in [5, 5.41) is 3.20. The van der Waals surface area contributed by atoms with Crippen molar-refractivity contribution in [1.29, 1.82) is 0 Å². The van der Waals surface area contributed by atoms with Crippen LogP contribution < -0.4 is 10.1 Å². The third kappa shape index (κ3) is 4.01. The van der Waals surface area contributed by atoms with E-state index in [0.717, 1.165) is 49.7 Å². The van der Waals surface area contributed by atoms with Crippen molar-refractivity contribution in [3.63, 3.8) is 0 Å². The molecule has 1 saturated heterocycles. The summed E-state index contributed by atoms with van der Waals surface area (Å²) in [6.07, 6.45) is 6.19. The van der Waals surface area contributed by atoms with Gasteiger partial charge in [-0.05, 0) is 43.7 Å². The van der Waals surface area contributed by atoms with Crippen LogP contribution in [0.3, 0.4) is 0 Å². The summed E-state index contributed by atoms with van der Waals surface area (Å²) >= 11 is 0. The number of methoxy groups -OCH3 is 1. The number of piperidine rings is 1. The minimum Gasteiger partial charge on any atom is -0.496 e. The summed E-state index contributed by atoms with van der Waals surface area (Å²) in [5.41, 5.74) is 1.10. The largest absolute Gasteiger partial charge is 0.496 e. The Morgan fingerprint density at radius 3 is 2.64 bits per heavy atom. The van der Waals surface area contributed by atoms with E-state index >= 15 is 0 Å². The fraction of sp³-hybridized carbons (Fsp3) is 0.611. The Hall–Kier alpha value is -1.55. The number of aryl methyl sites for hydroxylation is 1. The van der Waals surface area contributed by atoms with E-state index in [0.29, 0.717) is 12.5 Å². The molecule has 120 valence electrons. The number of nitrogens with zero attached hydrogens (tertiary/aromatic N) is 1. The van der Waals surface area contributed by atoms with Gasteiger partial charge < -0.3 is 15.0 Å². The van der Waals surface area contributed by atoms with Crippen molar-refractivity contribution in [1.82, 2.24) is 10.2 Å². The molecular weight excluding hydrogens is 276 g/mol. The van der Waals surface area contributed by atoms with Gasteiger partial charge >= 0.3 is 0 Å². The highest BCUT2D eigenvalue weighted by molar-refractivity contribution is 5.76. The van der Waals surface area contributed by atoms with E-state index in [1.165, 1.54) is 12.8 Å². The molecule has 1 N–H and O–H groups in total. The first-order valence-electron chi connectivity index (χ1n) is 8.41. The highest BCUT2D eigenvalue weighted by Gasteiger charge is 2.31. The molecule has 1 aliphatic heterocycles. The molecule has 0 unspecified atom stereocenters. The second kappa shape index (κ2) is 7.14. The third-order valence-corrected chi connectivity index (χ3v) is 4.77. The summed E-state index contributed by atoms with van der Waals surface area (Å²) in [5.74, 6) is 1.03. The van der Waals surface area contributed by atoms with E-state index < -0.39 is 0 Å². The summed E-state index contributed by atoms with van der Waals surface area (Å²) in [4.78, 5) is 14.7. The highest BCUT2D eigenvalue weighted by atomic mass is 16.5. The van der Waals surface area contributed by atoms with Gasteiger partial charge in [-0.1, -0.05) is 18.2 Å². The number of amides is 1. The smallest absolute Gasteiger partial charge is 0.220 e. The Bertz CT molecular complexity index is 506. The van der Waals surface area contributed by atoms with Crippen LogP contribution in [0.2, 0.25) is 0 Å².